The average Bonchev–Trinajstić information content (AvgIpc) is 1.95. The van der Waals surface area contributed by atoms with Crippen molar-refractivity contribution in [3.05, 3.63) is 39.2 Å². The third-order valence-electron chi connectivity index (χ3n) is 1.49. The van der Waals surface area contributed by atoms with Crippen LogP contribution in [0, 0.1) is 6.92 Å². The van der Waals surface area contributed by atoms with Gasteiger partial charge in [0.25, 0.3) is 0 Å². The van der Waals surface area contributed by atoms with Crippen LogP contribution < -0.4 is 0 Å². The molecule has 1 aromatic rings. The molecule has 0 aliphatic heterocycles. The molecule has 0 aromatic heterocycles. The molecule has 0 aliphatic rings. The molecule has 2 heteroatoms. The van der Waals surface area contributed by atoms with E-state index in [-0.39, 0.29) is 0 Å². The van der Waals surface area contributed by atoms with E-state index in [0.29, 0.717) is 0 Å². The van der Waals surface area contributed by atoms with E-state index in [0.717, 1.165) is 4.47 Å². The van der Waals surface area contributed by atoms with Gasteiger partial charge in [0, 0.05) is 4.47 Å². The molecule has 0 nitrogen and oxygen atoms in total. The molecule has 0 saturated carbocycles. The van der Waals surface area contributed by atoms with E-state index in [9.17, 15) is 0 Å². The Balaban J connectivity index is 3.09. The second kappa shape index (κ2) is 3.98. The van der Waals surface area contributed by atoms with Gasteiger partial charge in [0.05, 0.1) is 0 Å². The molecule has 0 aliphatic carbocycles. The predicted octanol–water partition coefficient (Wildman–Crippen LogP) is 3.66. The van der Waals surface area contributed by atoms with Crippen LogP contribution in [0.1, 0.15) is 11.1 Å². The molecule has 58 valence electrons. The van der Waals surface area contributed by atoms with Gasteiger partial charge < -0.3 is 0 Å². The fraction of sp³-hybridized carbons (Fsp3) is 0.111. The Morgan fingerprint density at radius 1 is 1.45 bits per heavy atom. The Morgan fingerprint density at radius 2 is 2.18 bits per heavy atom. The van der Waals surface area contributed by atoms with Gasteiger partial charge in [0.2, 0.25) is 0 Å². The Kier molecular flexibility index (Phi) is 3.21. The molecule has 0 N–H and O–H groups in total. The molecule has 1 aromatic carbocycles. The predicted molar refractivity (Wildman–Crippen MR) is 56.9 cm³/mol. The SMILES string of the molecule is Cc1cc(Br)ccc1/C=C\S. The van der Waals surface area contributed by atoms with Gasteiger partial charge in [0.1, 0.15) is 0 Å². The summed E-state index contributed by atoms with van der Waals surface area (Å²) >= 11 is 7.42. The van der Waals surface area contributed by atoms with Crippen molar-refractivity contribution in [1.82, 2.24) is 0 Å². The van der Waals surface area contributed by atoms with Gasteiger partial charge in [0.15, 0.2) is 0 Å². The lowest BCUT2D eigenvalue weighted by Crippen LogP contribution is -1.78. The minimum Gasteiger partial charge on any atom is -0.151 e. The van der Waals surface area contributed by atoms with E-state index in [1.165, 1.54) is 11.1 Å². The summed E-state index contributed by atoms with van der Waals surface area (Å²) in [5.74, 6) is 0. The van der Waals surface area contributed by atoms with Gasteiger partial charge in [-0.1, -0.05) is 22.0 Å². The van der Waals surface area contributed by atoms with Gasteiger partial charge in [-0.05, 0) is 41.7 Å². The normalized spacial score (nSPS) is 10.8. The Bertz CT molecular complexity index is 279. The molecular formula is C9H9BrS. The van der Waals surface area contributed by atoms with Crippen molar-refractivity contribution in [3.8, 4) is 0 Å². The fourth-order valence-corrected chi connectivity index (χ4v) is 1.54. The van der Waals surface area contributed by atoms with Crippen LogP contribution in [0.25, 0.3) is 6.08 Å². The fourth-order valence-electron chi connectivity index (χ4n) is 0.906. The molecule has 11 heavy (non-hydrogen) atoms. The van der Waals surface area contributed by atoms with Crippen LogP contribution in [0.5, 0.6) is 0 Å². The second-order valence-corrected chi connectivity index (χ2v) is 3.53. The van der Waals surface area contributed by atoms with Crippen molar-refractivity contribution < 1.29 is 0 Å². The lowest BCUT2D eigenvalue weighted by atomic mass is 10.1. The Labute approximate surface area is 80.9 Å². The maximum absolute atomic E-state index is 4.01. The molecule has 0 spiro atoms. The maximum atomic E-state index is 4.01. The van der Waals surface area contributed by atoms with E-state index in [1.807, 2.05) is 12.1 Å². The summed E-state index contributed by atoms with van der Waals surface area (Å²) in [6, 6.07) is 6.17. The van der Waals surface area contributed by atoms with Crippen molar-refractivity contribution in [3.63, 3.8) is 0 Å². The van der Waals surface area contributed by atoms with Gasteiger partial charge in [-0.3, -0.25) is 0 Å². The van der Waals surface area contributed by atoms with Crippen molar-refractivity contribution in [2.24, 2.45) is 0 Å². The molecular weight excluding hydrogens is 220 g/mol. The highest BCUT2D eigenvalue weighted by Gasteiger charge is 1.93. The van der Waals surface area contributed by atoms with Gasteiger partial charge in [-0.25, -0.2) is 0 Å². The maximum Gasteiger partial charge on any atom is 0.0178 e. The van der Waals surface area contributed by atoms with Crippen LogP contribution in [0.2, 0.25) is 0 Å². The molecule has 0 heterocycles. The molecule has 0 amide bonds. The smallest absolute Gasteiger partial charge is 0.0178 e. The summed E-state index contributed by atoms with van der Waals surface area (Å²) in [6.07, 6.45) is 1.98. The van der Waals surface area contributed by atoms with Crippen molar-refractivity contribution in [1.29, 1.82) is 0 Å². The first-order valence-electron chi connectivity index (χ1n) is 3.31. The minimum atomic E-state index is 1.12. The first-order valence-corrected chi connectivity index (χ1v) is 4.62. The summed E-state index contributed by atoms with van der Waals surface area (Å²) in [6.45, 7) is 2.08. The first kappa shape index (κ1) is 8.88. The monoisotopic (exact) mass is 228 g/mol. The van der Waals surface area contributed by atoms with E-state index >= 15 is 0 Å². The number of halogens is 1. The van der Waals surface area contributed by atoms with Gasteiger partial charge >= 0.3 is 0 Å². The average molecular weight is 229 g/mol. The third kappa shape index (κ3) is 2.38. The number of aryl methyl sites for hydroxylation is 1. The highest BCUT2D eigenvalue weighted by Crippen LogP contribution is 2.16. The van der Waals surface area contributed by atoms with Crippen molar-refractivity contribution in [2.45, 2.75) is 6.92 Å². The second-order valence-electron chi connectivity index (χ2n) is 2.32. The van der Waals surface area contributed by atoms with Gasteiger partial charge in [-0.2, -0.15) is 12.6 Å². The van der Waals surface area contributed by atoms with Crippen LogP contribution >= 0.6 is 28.6 Å². The number of hydrogen-bond donors (Lipinski definition) is 1. The van der Waals surface area contributed by atoms with E-state index < -0.39 is 0 Å². The standard InChI is InChI=1S/C9H9BrS/c1-7-6-9(10)3-2-8(7)4-5-11/h2-6,11H,1H3/b5-4-. The van der Waals surface area contributed by atoms with Crippen LogP contribution in [0.4, 0.5) is 0 Å². The van der Waals surface area contributed by atoms with Gasteiger partial charge in [-0.15, -0.1) is 0 Å². The minimum absolute atomic E-state index is 1.12. The lowest BCUT2D eigenvalue weighted by Gasteiger charge is -1.99. The van der Waals surface area contributed by atoms with Crippen molar-refractivity contribution >= 4 is 34.6 Å². The van der Waals surface area contributed by atoms with E-state index in [2.05, 4.69) is 47.6 Å². The van der Waals surface area contributed by atoms with Crippen LogP contribution in [-0.2, 0) is 0 Å². The zero-order valence-electron chi connectivity index (χ0n) is 6.21. The molecule has 1 rings (SSSR count). The third-order valence-corrected chi connectivity index (χ3v) is 2.13. The molecule has 0 fully saturated rings. The lowest BCUT2D eigenvalue weighted by molar-refractivity contribution is 1.43. The number of rotatable bonds is 1. The van der Waals surface area contributed by atoms with Crippen molar-refractivity contribution in [2.75, 3.05) is 0 Å². The molecule has 0 bridgehead atoms. The van der Waals surface area contributed by atoms with Crippen LogP contribution in [-0.4, -0.2) is 0 Å². The number of benzene rings is 1. The summed E-state index contributed by atoms with van der Waals surface area (Å²) in [5.41, 5.74) is 2.47. The summed E-state index contributed by atoms with van der Waals surface area (Å²) < 4.78 is 1.12. The molecule has 0 radical (unpaired) electrons. The summed E-state index contributed by atoms with van der Waals surface area (Å²) in [5, 5.41) is 1.75. The van der Waals surface area contributed by atoms with E-state index in [4.69, 9.17) is 0 Å². The quantitative estimate of drug-likeness (QED) is 0.698. The summed E-state index contributed by atoms with van der Waals surface area (Å²) in [4.78, 5) is 0. The number of thiol groups is 1. The van der Waals surface area contributed by atoms with Crippen LogP contribution in [0.3, 0.4) is 0 Å². The van der Waals surface area contributed by atoms with Crippen LogP contribution in [0.15, 0.2) is 28.1 Å². The molecule has 0 unspecified atom stereocenters. The highest BCUT2D eigenvalue weighted by atomic mass is 79.9. The van der Waals surface area contributed by atoms with E-state index in [1.54, 1.807) is 5.41 Å². The summed E-state index contributed by atoms with van der Waals surface area (Å²) in [7, 11) is 0. The zero-order valence-corrected chi connectivity index (χ0v) is 8.69. The number of hydrogen-bond acceptors (Lipinski definition) is 1. The molecule has 0 saturated heterocycles. The largest absolute Gasteiger partial charge is 0.151 e. The first-order chi connectivity index (χ1) is 5.24. The zero-order chi connectivity index (χ0) is 8.27. The topological polar surface area (TPSA) is 0 Å². The molecule has 0 atom stereocenters. The highest BCUT2D eigenvalue weighted by molar-refractivity contribution is 9.10. The Morgan fingerprint density at radius 3 is 2.73 bits per heavy atom. The Hall–Kier alpha value is -0.210.